The summed E-state index contributed by atoms with van der Waals surface area (Å²) in [6.07, 6.45) is 0. The molecule has 0 nitrogen and oxygen atoms in total. The Balaban J connectivity index is 1.83. The lowest BCUT2D eigenvalue weighted by Gasteiger charge is -2.24. The van der Waals surface area contributed by atoms with Gasteiger partial charge in [-0.15, -0.1) is 11.8 Å². The molecule has 3 aromatic rings. The van der Waals surface area contributed by atoms with Crippen molar-refractivity contribution < 1.29 is 0 Å². The fourth-order valence-electron chi connectivity index (χ4n) is 3.68. The second kappa shape index (κ2) is 3.89. The Labute approximate surface area is 122 Å². The second-order valence-electron chi connectivity index (χ2n) is 5.62. The van der Waals surface area contributed by atoms with Gasteiger partial charge in [0.1, 0.15) is 0 Å². The van der Waals surface area contributed by atoms with Gasteiger partial charge in [0, 0.05) is 16.4 Å². The third kappa shape index (κ3) is 1.39. The minimum Gasteiger partial charge on any atom is -0.147 e. The first-order valence-corrected chi connectivity index (χ1v) is 8.01. The average molecular weight is 273 g/mol. The molecule has 1 saturated heterocycles. The largest absolute Gasteiger partial charge is 0.147 e. The smallest absolute Gasteiger partial charge is 0.0435 e. The van der Waals surface area contributed by atoms with Gasteiger partial charge in [0.2, 0.25) is 0 Å². The zero-order chi connectivity index (χ0) is 13.1. The highest BCUT2D eigenvalue weighted by atomic mass is 32.2. The van der Waals surface area contributed by atoms with E-state index < -0.39 is 0 Å². The van der Waals surface area contributed by atoms with Crippen LogP contribution in [0.25, 0.3) is 10.8 Å². The number of fused-ring (bicyclic) bond motifs is 2. The summed E-state index contributed by atoms with van der Waals surface area (Å²) in [7, 11) is 0. The van der Waals surface area contributed by atoms with Gasteiger partial charge in [-0.3, -0.25) is 0 Å². The number of thioether (sulfide) groups is 1. The Bertz CT molecular complexity index is 801. The van der Waals surface area contributed by atoms with E-state index in [4.69, 9.17) is 0 Å². The third-order valence-electron chi connectivity index (χ3n) is 4.57. The molecule has 20 heavy (non-hydrogen) atoms. The van der Waals surface area contributed by atoms with E-state index >= 15 is 0 Å². The predicted molar refractivity (Wildman–Crippen MR) is 85.2 cm³/mol. The molecule has 3 unspecified atom stereocenters. The maximum atomic E-state index is 3.14. The normalized spacial score (nSPS) is 26.3. The molecule has 0 amide bonds. The van der Waals surface area contributed by atoms with Crippen LogP contribution >= 0.6 is 11.8 Å². The molecular weight excluding hydrogens is 260 g/mol. The van der Waals surface area contributed by atoms with Gasteiger partial charge in [-0.05, 0) is 33.5 Å². The van der Waals surface area contributed by atoms with Crippen LogP contribution in [0.2, 0.25) is 0 Å². The predicted octanol–water partition coefficient (Wildman–Crippen LogP) is 4.94. The molecule has 5 rings (SSSR count). The van der Waals surface area contributed by atoms with Gasteiger partial charge in [0.05, 0.1) is 0 Å². The van der Waals surface area contributed by atoms with E-state index in [0.29, 0.717) is 11.2 Å². The summed E-state index contributed by atoms with van der Waals surface area (Å²) in [6, 6.07) is 25.2. The van der Waals surface area contributed by atoms with Crippen LogP contribution in [0.3, 0.4) is 0 Å². The van der Waals surface area contributed by atoms with Crippen LogP contribution in [0.5, 0.6) is 0 Å². The molecule has 1 fully saturated rings. The quantitative estimate of drug-likeness (QED) is 0.566. The topological polar surface area (TPSA) is 0 Å². The van der Waals surface area contributed by atoms with Crippen LogP contribution in [0.4, 0.5) is 0 Å². The maximum absolute atomic E-state index is 3.14. The first-order valence-electron chi connectivity index (χ1n) is 7.06. The standard InChI is InChI=1S/C19H13S/c1-2-6-13(7-3-1)17-14-10-4-8-12-9-5-11-15(16(12)14)18-19(17)20-18/h2-11,17-19H. The van der Waals surface area contributed by atoms with E-state index in [9.17, 15) is 0 Å². The number of rotatable bonds is 1. The Morgan fingerprint density at radius 3 is 2.40 bits per heavy atom. The monoisotopic (exact) mass is 273 g/mol. The first-order chi connectivity index (χ1) is 9.93. The molecule has 0 saturated carbocycles. The summed E-state index contributed by atoms with van der Waals surface area (Å²) in [5.74, 6) is 0.540. The van der Waals surface area contributed by atoms with E-state index in [0.717, 1.165) is 5.25 Å². The fraction of sp³-hybridized carbons (Fsp3) is 0.158. The van der Waals surface area contributed by atoms with E-state index in [1.54, 1.807) is 5.56 Å². The molecule has 3 atom stereocenters. The first kappa shape index (κ1) is 11.0. The fourth-order valence-corrected chi connectivity index (χ4v) is 5.03. The van der Waals surface area contributed by atoms with Gasteiger partial charge in [-0.1, -0.05) is 60.7 Å². The van der Waals surface area contributed by atoms with Crippen molar-refractivity contribution in [3.63, 3.8) is 0 Å². The SMILES string of the molecule is [c]1ccc(C2c3cccc4cccc(c34)C3SC32)cc1. The van der Waals surface area contributed by atoms with Crippen molar-refractivity contribution in [1.29, 1.82) is 0 Å². The van der Waals surface area contributed by atoms with Crippen LogP contribution in [-0.2, 0) is 0 Å². The lowest BCUT2D eigenvalue weighted by molar-refractivity contribution is 0.780. The molecule has 1 aliphatic heterocycles. The van der Waals surface area contributed by atoms with E-state index in [-0.39, 0.29) is 0 Å². The van der Waals surface area contributed by atoms with Crippen LogP contribution in [-0.4, -0.2) is 5.25 Å². The molecule has 1 heteroatoms. The summed E-state index contributed by atoms with van der Waals surface area (Å²) in [6.45, 7) is 0. The number of hydrogen-bond acceptors (Lipinski definition) is 1. The molecule has 1 radical (unpaired) electrons. The molecular formula is C19H13S. The molecule has 95 valence electrons. The van der Waals surface area contributed by atoms with Gasteiger partial charge in [-0.2, -0.15) is 0 Å². The van der Waals surface area contributed by atoms with E-state index in [1.807, 2.05) is 12.1 Å². The summed E-state index contributed by atoms with van der Waals surface area (Å²) in [4.78, 5) is 0. The highest BCUT2D eigenvalue weighted by Gasteiger charge is 2.50. The van der Waals surface area contributed by atoms with Gasteiger partial charge in [0.25, 0.3) is 0 Å². The van der Waals surface area contributed by atoms with Crippen LogP contribution in [0.15, 0.2) is 60.7 Å². The second-order valence-corrected chi connectivity index (χ2v) is 6.95. The zero-order valence-corrected chi connectivity index (χ0v) is 11.7. The van der Waals surface area contributed by atoms with Gasteiger partial charge < -0.3 is 0 Å². The Kier molecular flexibility index (Phi) is 2.14. The maximum Gasteiger partial charge on any atom is 0.0435 e. The van der Waals surface area contributed by atoms with Gasteiger partial charge >= 0.3 is 0 Å². The van der Waals surface area contributed by atoms with Crippen LogP contribution in [0.1, 0.15) is 27.9 Å². The molecule has 3 aromatic carbocycles. The number of hydrogen-bond donors (Lipinski definition) is 0. The van der Waals surface area contributed by atoms with E-state index in [1.165, 1.54) is 21.9 Å². The highest BCUT2D eigenvalue weighted by molar-refractivity contribution is 8.07. The molecule has 1 aliphatic carbocycles. The summed E-state index contributed by atoms with van der Waals surface area (Å²) in [5, 5.41) is 4.30. The molecule has 2 aliphatic rings. The molecule has 0 spiro atoms. The van der Waals surface area contributed by atoms with Crippen LogP contribution < -0.4 is 0 Å². The van der Waals surface area contributed by atoms with Crippen molar-refractivity contribution in [1.82, 2.24) is 0 Å². The summed E-state index contributed by atoms with van der Waals surface area (Å²) < 4.78 is 0. The summed E-state index contributed by atoms with van der Waals surface area (Å²) >= 11 is 2.12. The van der Waals surface area contributed by atoms with Crippen molar-refractivity contribution in [3.05, 3.63) is 83.4 Å². The van der Waals surface area contributed by atoms with Gasteiger partial charge in [-0.25, -0.2) is 0 Å². The summed E-state index contributed by atoms with van der Waals surface area (Å²) in [5.41, 5.74) is 4.49. The minimum absolute atomic E-state index is 0.540. The molecule has 1 heterocycles. The Morgan fingerprint density at radius 1 is 0.850 bits per heavy atom. The van der Waals surface area contributed by atoms with Crippen molar-refractivity contribution in [3.8, 4) is 0 Å². The lowest BCUT2D eigenvalue weighted by atomic mass is 9.78. The minimum atomic E-state index is 0.540. The van der Waals surface area contributed by atoms with Crippen molar-refractivity contribution in [2.24, 2.45) is 0 Å². The van der Waals surface area contributed by atoms with Crippen molar-refractivity contribution >= 4 is 22.5 Å². The van der Waals surface area contributed by atoms with Crippen molar-refractivity contribution in [2.75, 3.05) is 0 Å². The van der Waals surface area contributed by atoms with Crippen molar-refractivity contribution in [2.45, 2.75) is 16.4 Å². The molecule has 0 aromatic heterocycles. The van der Waals surface area contributed by atoms with Gasteiger partial charge in [0.15, 0.2) is 0 Å². The zero-order valence-electron chi connectivity index (χ0n) is 10.9. The Morgan fingerprint density at radius 2 is 1.60 bits per heavy atom. The molecule has 0 bridgehead atoms. The lowest BCUT2D eigenvalue weighted by Crippen LogP contribution is -2.13. The number of benzene rings is 3. The van der Waals surface area contributed by atoms with Crippen LogP contribution in [0, 0.1) is 6.07 Å². The average Bonchev–Trinajstić information content (AvgIpc) is 3.29. The highest BCUT2D eigenvalue weighted by Crippen LogP contribution is 2.66. The van der Waals surface area contributed by atoms with E-state index in [2.05, 4.69) is 66.4 Å². The third-order valence-corrected chi connectivity index (χ3v) is 5.95. The molecule has 0 N–H and O–H groups in total. The Hall–Kier alpha value is -1.73.